The molecule has 1 N–H and O–H groups in total. The summed E-state index contributed by atoms with van der Waals surface area (Å²) in [5, 5.41) is 6.52. The van der Waals surface area contributed by atoms with Gasteiger partial charge in [-0.15, -0.1) is 0 Å². The van der Waals surface area contributed by atoms with E-state index in [0.717, 1.165) is 44.2 Å². The molecule has 0 unspecified atom stereocenters. The zero-order chi connectivity index (χ0) is 19.7. The van der Waals surface area contributed by atoms with Gasteiger partial charge < -0.3 is 10.1 Å². The summed E-state index contributed by atoms with van der Waals surface area (Å²) in [5.41, 5.74) is 5.26. The van der Waals surface area contributed by atoms with Crippen molar-refractivity contribution in [1.82, 2.24) is 4.98 Å². The number of esters is 1. The van der Waals surface area contributed by atoms with Gasteiger partial charge in [-0.3, -0.25) is 4.98 Å². The zero-order valence-corrected chi connectivity index (χ0v) is 16.2. The molecule has 1 aromatic heterocycles. The number of anilines is 2. The maximum absolute atomic E-state index is 12.6. The largest absolute Gasteiger partial charge is 0.462 e. The van der Waals surface area contributed by atoms with Crippen molar-refractivity contribution >= 4 is 39.0 Å². The summed E-state index contributed by atoms with van der Waals surface area (Å²) in [6.45, 7) is 6.24. The Bertz CT molecular complexity index is 1180. The highest BCUT2D eigenvalue weighted by atomic mass is 16.5. The number of aromatic nitrogens is 1. The van der Waals surface area contributed by atoms with Crippen molar-refractivity contribution in [3.05, 3.63) is 77.5 Å². The molecule has 0 spiro atoms. The van der Waals surface area contributed by atoms with Gasteiger partial charge in [0.05, 0.1) is 17.8 Å². The number of carbonyl (C=O) groups is 1. The molecule has 1 heterocycles. The summed E-state index contributed by atoms with van der Waals surface area (Å²) in [6, 6.07) is 18.4. The first kappa shape index (κ1) is 18.0. The Labute approximate surface area is 164 Å². The third-order valence-electron chi connectivity index (χ3n) is 4.75. The van der Waals surface area contributed by atoms with E-state index in [4.69, 9.17) is 4.74 Å². The number of fused-ring (bicyclic) bond motifs is 3. The highest BCUT2D eigenvalue weighted by Gasteiger charge is 2.18. The molecular weight excluding hydrogens is 348 g/mol. The van der Waals surface area contributed by atoms with E-state index in [9.17, 15) is 4.79 Å². The van der Waals surface area contributed by atoms with E-state index in [1.54, 1.807) is 13.1 Å². The minimum Gasteiger partial charge on any atom is -0.462 e. The fraction of sp³-hybridized carbons (Fsp3) is 0.167. The molecule has 0 bridgehead atoms. The van der Waals surface area contributed by atoms with Crippen LogP contribution in [0.4, 0.5) is 11.4 Å². The number of aryl methyl sites for hydroxylation is 2. The van der Waals surface area contributed by atoms with Crippen molar-refractivity contribution in [2.24, 2.45) is 0 Å². The summed E-state index contributed by atoms with van der Waals surface area (Å²) >= 11 is 0. The molecule has 0 aliphatic heterocycles. The fourth-order valence-electron chi connectivity index (χ4n) is 3.62. The predicted molar refractivity (Wildman–Crippen MR) is 114 cm³/mol. The van der Waals surface area contributed by atoms with Crippen LogP contribution in [-0.4, -0.2) is 17.6 Å². The summed E-state index contributed by atoms with van der Waals surface area (Å²) in [6.07, 6.45) is 1.61. The predicted octanol–water partition coefficient (Wildman–Crippen LogP) is 5.93. The van der Waals surface area contributed by atoms with Crippen molar-refractivity contribution in [3.63, 3.8) is 0 Å². The number of rotatable bonds is 4. The van der Waals surface area contributed by atoms with Crippen LogP contribution in [0.3, 0.4) is 0 Å². The van der Waals surface area contributed by atoms with Crippen LogP contribution in [0.5, 0.6) is 0 Å². The van der Waals surface area contributed by atoms with Crippen molar-refractivity contribution in [1.29, 1.82) is 0 Å². The van der Waals surface area contributed by atoms with Crippen LogP contribution in [0.1, 0.15) is 28.4 Å². The molecule has 0 fully saturated rings. The summed E-state index contributed by atoms with van der Waals surface area (Å²) in [7, 11) is 0. The van der Waals surface area contributed by atoms with Gasteiger partial charge in [0.25, 0.3) is 0 Å². The van der Waals surface area contributed by atoms with E-state index in [-0.39, 0.29) is 5.97 Å². The van der Waals surface area contributed by atoms with Gasteiger partial charge in [0.1, 0.15) is 5.56 Å². The number of hydrogen-bond acceptors (Lipinski definition) is 4. The molecule has 0 saturated carbocycles. The first-order valence-corrected chi connectivity index (χ1v) is 9.39. The Hall–Kier alpha value is -3.40. The van der Waals surface area contributed by atoms with Gasteiger partial charge in [0.2, 0.25) is 0 Å². The molecule has 3 aromatic carbocycles. The Kier molecular flexibility index (Phi) is 4.70. The monoisotopic (exact) mass is 370 g/mol. The van der Waals surface area contributed by atoms with Crippen molar-refractivity contribution in [3.8, 4) is 0 Å². The van der Waals surface area contributed by atoms with Gasteiger partial charge in [0, 0.05) is 22.7 Å². The third-order valence-corrected chi connectivity index (χ3v) is 4.75. The van der Waals surface area contributed by atoms with Crippen LogP contribution in [0.2, 0.25) is 0 Å². The van der Waals surface area contributed by atoms with Crippen LogP contribution in [-0.2, 0) is 4.74 Å². The zero-order valence-electron chi connectivity index (χ0n) is 16.2. The average molecular weight is 370 g/mol. The number of ether oxygens (including phenoxy) is 1. The van der Waals surface area contributed by atoms with E-state index in [0.29, 0.717) is 12.2 Å². The van der Waals surface area contributed by atoms with Crippen molar-refractivity contribution in [2.75, 3.05) is 11.9 Å². The molecule has 4 aromatic rings. The molecule has 140 valence electrons. The summed E-state index contributed by atoms with van der Waals surface area (Å²) in [4.78, 5) is 17.2. The number of nitrogens with zero attached hydrogens (tertiary/aromatic N) is 1. The van der Waals surface area contributed by atoms with Crippen molar-refractivity contribution < 1.29 is 9.53 Å². The topological polar surface area (TPSA) is 51.2 Å². The molecule has 4 heteroatoms. The lowest BCUT2D eigenvalue weighted by Gasteiger charge is -2.16. The Morgan fingerprint density at radius 3 is 2.50 bits per heavy atom. The van der Waals surface area contributed by atoms with Gasteiger partial charge in [-0.25, -0.2) is 4.79 Å². The van der Waals surface area contributed by atoms with Gasteiger partial charge in [-0.2, -0.15) is 0 Å². The number of nitrogens with one attached hydrogen (secondary N) is 1. The van der Waals surface area contributed by atoms with Crippen LogP contribution >= 0.6 is 0 Å². The van der Waals surface area contributed by atoms with Gasteiger partial charge in [0.15, 0.2) is 0 Å². The van der Waals surface area contributed by atoms with Crippen molar-refractivity contribution in [2.45, 2.75) is 20.8 Å². The number of hydrogen-bond donors (Lipinski definition) is 1. The van der Waals surface area contributed by atoms with E-state index in [1.807, 2.05) is 18.2 Å². The molecule has 0 aliphatic carbocycles. The van der Waals surface area contributed by atoms with Crippen LogP contribution in [0, 0.1) is 13.8 Å². The van der Waals surface area contributed by atoms with Gasteiger partial charge >= 0.3 is 5.97 Å². The highest BCUT2D eigenvalue weighted by Crippen LogP contribution is 2.34. The van der Waals surface area contributed by atoms with Crippen LogP contribution in [0.25, 0.3) is 21.7 Å². The Morgan fingerprint density at radius 2 is 1.75 bits per heavy atom. The molecule has 0 saturated heterocycles. The number of carbonyl (C=O) groups excluding carboxylic acids is 1. The lowest BCUT2D eigenvalue weighted by molar-refractivity contribution is 0.0527. The summed E-state index contributed by atoms with van der Waals surface area (Å²) < 4.78 is 5.27. The maximum atomic E-state index is 12.6. The SMILES string of the molecule is CCOC(=O)c1cnc2c(ccc3ccccc32)c1Nc1cc(C)cc(C)c1. The normalized spacial score (nSPS) is 11.0. The maximum Gasteiger partial charge on any atom is 0.341 e. The molecule has 0 aliphatic rings. The fourth-order valence-corrected chi connectivity index (χ4v) is 3.62. The first-order chi connectivity index (χ1) is 13.6. The average Bonchev–Trinajstić information content (AvgIpc) is 2.67. The molecule has 0 atom stereocenters. The van der Waals surface area contributed by atoms with E-state index in [1.165, 1.54) is 0 Å². The quantitative estimate of drug-likeness (QED) is 0.357. The second-order valence-corrected chi connectivity index (χ2v) is 6.95. The smallest absolute Gasteiger partial charge is 0.341 e. The molecule has 28 heavy (non-hydrogen) atoms. The number of pyridine rings is 1. The minimum absolute atomic E-state index is 0.317. The summed E-state index contributed by atoms with van der Waals surface area (Å²) in [5.74, 6) is -0.378. The molecule has 4 nitrogen and oxygen atoms in total. The van der Waals surface area contributed by atoms with Crippen LogP contribution in [0.15, 0.2) is 60.8 Å². The molecule has 0 amide bonds. The van der Waals surface area contributed by atoms with E-state index < -0.39 is 0 Å². The number of benzene rings is 3. The molecule has 4 rings (SSSR count). The lowest BCUT2D eigenvalue weighted by atomic mass is 10.0. The lowest BCUT2D eigenvalue weighted by Crippen LogP contribution is -2.09. The highest BCUT2D eigenvalue weighted by molar-refractivity contribution is 6.13. The second kappa shape index (κ2) is 7.31. The Morgan fingerprint density at radius 1 is 1.00 bits per heavy atom. The van der Waals surface area contributed by atoms with Gasteiger partial charge in [-0.05, 0) is 49.4 Å². The van der Waals surface area contributed by atoms with Gasteiger partial charge in [-0.1, -0.05) is 42.5 Å². The minimum atomic E-state index is -0.378. The van der Waals surface area contributed by atoms with Crippen LogP contribution < -0.4 is 5.32 Å². The first-order valence-electron chi connectivity index (χ1n) is 9.39. The second-order valence-electron chi connectivity index (χ2n) is 6.95. The molecular formula is C24H22N2O2. The van der Waals surface area contributed by atoms with E-state index >= 15 is 0 Å². The standard InChI is InChI=1S/C24H22N2O2/c1-4-28-24(27)21-14-25-22-19-8-6-5-7-17(19)9-10-20(22)23(21)26-18-12-15(2)11-16(3)13-18/h5-14H,4H2,1-3H3,(H,25,26). The van der Waals surface area contributed by atoms with E-state index in [2.05, 4.69) is 60.5 Å². The molecule has 0 radical (unpaired) electrons. The Balaban J connectivity index is 1.96. The third kappa shape index (κ3) is 3.29.